The molecule has 0 radical (unpaired) electrons. The lowest BCUT2D eigenvalue weighted by Gasteiger charge is -2.16. The van der Waals surface area contributed by atoms with Crippen LogP contribution in [0, 0.1) is 5.92 Å². The minimum atomic E-state index is -1.09. The van der Waals surface area contributed by atoms with E-state index in [2.05, 4.69) is 0 Å². The molecule has 0 aromatic carbocycles. The van der Waals surface area contributed by atoms with Crippen LogP contribution in [0.3, 0.4) is 0 Å². The summed E-state index contributed by atoms with van der Waals surface area (Å²) in [5.41, 5.74) is 0. The maximum atomic E-state index is 11.3. The molecule has 84 valence electrons. The van der Waals surface area contributed by atoms with E-state index in [1.54, 1.807) is 0 Å². The highest BCUT2D eigenvalue weighted by molar-refractivity contribution is 5.81. The summed E-state index contributed by atoms with van der Waals surface area (Å²) < 4.78 is 9.87. The average Bonchev–Trinajstić information content (AvgIpc) is 2.77. The number of cyclic esters (lactones) is 1. The zero-order chi connectivity index (χ0) is 10.8. The highest BCUT2D eigenvalue weighted by Gasteiger charge is 2.37. The van der Waals surface area contributed by atoms with Crippen LogP contribution < -0.4 is 0 Å². The van der Waals surface area contributed by atoms with Crippen molar-refractivity contribution in [1.82, 2.24) is 4.90 Å². The molecule has 2 heterocycles. The molecular formula is C9H13NO5. The van der Waals surface area contributed by atoms with E-state index in [9.17, 15) is 9.59 Å². The zero-order valence-corrected chi connectivity index (χ0v) is 8.22. The van der Waals surface area contributed by atoms with Crippen LogP contribution in [0.25, 0.3) is 0 Å². The van der Waals surface area contributed by atoms with E-state index in [-0.39, 0.29) is 6.54 Å². The number of hydrogen-bond acceptors (Lipinski definition) is 4. The minimum Gasteiger partial charge on any atom is -0.478 e. The molecule has 1 amide bonds. The lowest BCUT2D eigenvalue weighted by Crippen LogP contribution is -2.32. The Labute approximate surface area is 86.8 Å². The summed E-state index contributed by atoms with van der Waals surface area (Å²) in [6.07, 6.45) is -0.629. The predicted octanol–water partition coefficient (Wildman–Crippen LogP) is -0.0717. The molecule has 0 aromatic heterocycles. The molecule has 6 nitrogen and oxygen atoms in total. The monoisotopic (exact) mass is 215 g/mol. The zero-order valence-electron chi connectivity index (χ0n) is 8.22. The SMILES string of the molecule is O=C(O)[C@H]1CN(CC2CCOC2)C(=O)O1. The largest absolute Gasteiger partial charge is 0.478 e. The fraction of sp³-hybridized carbons (Fsp3) is 0.778. The first-order chi connectivity index (χ1) is 7.16. The van der Waals surface area contributed by atoms with Crippen molar-refractivity contribution in [3.8, 4) is 0 Å². The van der Waals surface area contributed by atoms with Gasteiger partial charge >= 0.3 is 12.1 Å². The van der Waals surface area contributed by atoms with Gasteiger partial charge in [0.05, 0.1) is 13.2 Å². The number of amides is 1. The molecule has 2 aliphatic rings. The molecule has 1 N–H and O–H groups in total. The third kappa shape index (κ3) is 2.20. The van der Waals surface area contributed by atoms with Gasteiger partial charge in [-0.25, -0.2) is 9.59 Å². The summed E-state index contributed by atoms with van der Waals surface area (Å²) in [6.45, 7) is 2.03. The Bertz CT molecular complexity index is 274. The minimum absolute atomic E-state index is 0.144. The summed E-state index contributed by atoms with van der Waals surface area (Å²) >= 11 is 0. The first-order valence-corrected chi connectivity index (χ1v) is 4.93. The molecule has 0 spiro atoms. The Morgan fingerprint density at radius 3 is 2.93 bits per heavy atom. The molecule has 0 aliphatic carbocycles. The van der Waals surface area contributed by atoms with Crippen LogP contribution in [-0.2, 0) is 14.3 Å². The number of nitrogens with zero attached hydrogens (tertiary/aromatic N) is 1. The van der Waals surface area contributed by atoms with Gasteiger partial charge in [-0.05, 0) is 6.42 Å². The number of carboxylic acid groups (broad SMARTS) is 1. The summed E-state index contributed by atoms with van der Waals surface area (Å²) in [7, 11) is 0. The Kier molecular flexibility index (Phi) is 2.77. The van der Waals surface area contributed by atoms with Crippen molar-refractivity contribution in [2.24, 2.45) is 5.92 Å². The van der Waals surface area contributed by atoms with Crippen LogP contribution >= 0.6 is 0 Å². The third-order valence-electron chi connectivity index (χ3n) is 2.67. The molecule has 2 aliphatic heterocycles. The quantitative estimate of drug-likeness (QED) is 0.713. The summed E-state index contributed by atoms with van der Waals surface area (Å²) in [5.74, 6) is -0.779. The van der Waals surface area contributed by atoms with E-state index in [1.165, 1.54) is 4.90 Å². The molecule has 2 atom stereocenters. The normalized spacial score (nSPS) is 30.7. The second-order valence-electron chi connectivity index (χ2n) is 3.85. The van der Waals surface area contributed by atoms with E-state index in [0.717, 1.165) is 13.0 Å². The fourth-order valence-electron chi connectivity index (χ4n) is 1.82. The smallest absolute Gasteiger partial charge is 0.410 e. The maximum absolute atomic E-state index is 11.3. The highest BCUT2D eigenvalue weighted by atomic mass is 16.6. The summed E-state index contributed by atoms with van der Waals surface area (Å²) in [6, 6.07) is 0. The van der Waals surface area contributed by atoms with Crippen LogP contribution in [0.1, 0.15) is 6.42 Å². The Morgan fingerprint density at radius 2 is 2.40 bits per heavy atom. The first-order valence-electron chi connectivity index (χ1n) is 4.93. The molecular weight excluding hydrogens is 202 g/mol. The number of aliphatic carboxylic acids is 1. The molecule has 2 fully saturated rings. The molecule has 15 heavy (non-hydrogen) atoms. The van der Waals surface area contributed by atoms with Crippen molar-refractivity contribution in [3.05, 3.63) is 0 Å². The predicted molar refractivity (Wildman–Crippen MR) is 48.4 cm³/mol. The van der Waals surface area contributed by atoms with Gasteiger partial charge in [-0.3, -0.25) is 0 Å². The van der Waals surface area contributed by atoms with Gasteiger partial charge in [-0.1, -0.05) is 0 Å². The van der Waals surface area contributed by atoms with Crippen LogP contribution in [0.15, 0.2) is 0 Å². The lowest BCUT2D eigenvalue weighted by molar-refractivity contribution is -0.144. The standard InChI is InChI=1S/C9H13NO5/c11-8(12)7-4-10(9(13)15-7)3-6-1-2-14-5-6/h6-7H,1-5H2,(H,11,12)/t6?,7-/m1/s1. The van der Waals surface area contributed by atoms with Gasteiger partial charge in [-0.2, -0.15) is 0 Å². The van der Waals surface area contributed by atoms with E-state index in [0.29, 0.717) is 19.1 Å². The van der Waals surface area contributed by atoms with Crippen molar-refractivity contribution in [1.29, 1.82) is 0 Å². The number of carboxylic acids is 1. The molecule has 6 heteroatoms. The van der Waals surface area contributed by atoms with E-state index in [1.807, 2.05) is 0 Å². The van der Waals surface area contributed by atoms with Gasteiger partial charge in [0, 0.05) is 19.1 Å². The van der Waals surface area contributed by atoms with Crippen LogP contribution in [0.5, 0.6) is 0 Å². The molecule has 0 saturated carbocycles. The van der Waals surface area contributed by atoms with Gasteiger partial charge in [0.15, 0.2) is 0 Å². The second-order valence-corrected chi connectivity index (χ2v) is 3.85. The van der Waals surface area contributed by atoms with E-state index >= 15 is 0 Å². The van der Waals surface area contributed by atoms with Crippen molar-refractivity contribution >= 4 is 12.1 Å². The number of rotatable bonds is 3. The number of hydrogen-bond donors (Lipinski definition) is 1. The average molecular weight is 215 g/mol. The molecule has 1 unspecified atom stereocenters. The second kappa shape index (κ2) is 4.06. The molecule has 2 rings (SSSR count). The van der Waals surface area contributed by atoms with Crippen LogP contribution in [0.2, 0.25) is 0 Å². The van der Waals surface area contributed by atoms with Gasteiger partial charge in [-0.15, -0.1) is 0 Å². The van der Waals surface area contributed by atoms with Crippen LogP contribution in [0.4, 0.5) is 4.79 Å². The molecule has 2 saturated heterocycles. The Morgan fingerprint density at radius 1 is 1.60 bits per heavy atom. The Hall–Kier alpha value is -1.30. The fourth-order valence-corrected chi connectivity index (χ4v) is 1.82. The first kappa shape index (κ1) is 10.2. The maximum Gasteiger partial charge on any atom is 0.410 e. The highest BCUT2D eigenvalue weighted by Crippen LogP contribution is 2.18. The molecule has 0 aromatic rings. The van der Waals surface area contributed by atoms with Crippen molar-refractivity contribution in [3.63, 3.8) is 0 Å². The van der Waals surface area contributed by atoms with Gasteiger partial charge in [0.2, 0.25) is 6.10 Å². The van der Waals surface area contributed by atoms with Gasteiger partial charge in [0.25, 0.3) is 0 Å². The van der Waals surface area contributed by atoms with Crippen molar-refractivity contribution in [2.45, 2.75) is 12.5 Å². The van der Waals surface area contributed by atoms with Gasteiger partial charge in [0.1, 0.15) is 0 Å². The topological polar surface area (TPSA) is 76.1 Å². The molecule has 0 bridgehead atoms. The third-order valence-corrected chi connectivity index (χ3v) is 2.67. The van der Waals surface area contributed by atoms with Crippen molar-refractivity contribution in [2.75, 3.05) is 26.3 Å². The number of carbonyl (C=O) groups excluding carboxylic acids is 1. The summed E-state index contributed by atoms with van der Waals surface area (Å²) in [4.78, 5) is 23.3. The Balaban J connectivity index is 1.87. The number of carbonyl (C=O) groups is 2. The van der Waals surface area contributed by atoms with Crippen molar-refractivity contribution < 1.29 is 24.2 Å². The van der Waals surface area contributed by atoms with E-state index in [4.69, 9.17) is 14.6 Å². The van der Waals surface area contributed by atoms with Crippen LogP contribution in [-0.4, -0.2) is 54.5 Å². The van der Waals surface area contributed by atoms with Gasteiger partial charge < -0.3 is 19.5 Å². The van der Waals surface area contributed by atoms with E-state index < -0.39 is 18.2 Å². The number of ether oxygens (including phenoxy) is 2. The lowest BCUT2D eigenvalue weighted by atomic mass is 10.1. The summed E-state index contributed by atoms with van der Waals surface area (Å²) in [5, 5.41) is 8.68.